The van der Waals surface area contributed by atoms with Crippen LogP contribution in [0.1, 0.15) is 5.56 Å². The second-order valence-corrected chi connectivity index (χ2v) is 13.3. The number of ether oxygens (including phenoxy) is 5. The van der Waals surface area contributed by atoms with Gasteiger partial charge in [-0.2, -0.15) is 0 Å². The second kappa shape index (κ2) is 13.7. The zero-order valence-electron chi connectivity index (χ0n) is 23.6. The number of hydrogen-bond acceptors (Lipinski definition) is 18. The van der Waals surface area contributed by atoms with Crippen molar-refractivity contribution in [3.05, 3.63) is 29.8 Å². The largest absolute Gasteiger partial charge is 0.394 e. The van der Waals surface area contributed by atoms with E-state index in [1.807, 2.05) is 0 Å². The molecule has 3 heterocycles. The number of nitrogens with two attached hydrogens (primary N) is 3. The van der Waals surface area contributed by atoms with Crippen LogP contribution >= 0.6 is 0 Å². The molecule has 0 bridgehead atoms. The molecule has 0 radical (unpaired) electrons. The van der Waals surface area contributed by atoms with Gasteiger partial charge in [0.05, 0.1) is 42.8 Å². The summed E-state index contributed by atoms with van der Waals surface area (Å²) in [7, 11) is -4.75. The van der Waals surface area contributed by atoms with Crippen LogP contribution in [-0.4, -0.2) is 160 Å². The maximum Gasteiger partial charge on any atom is 0.227 e. The van der Waals surface area contributed by atoms with Crippen LogP contribution in [0.15, 0.2) is 29.2 Å². The van der Waals surface area contributed by atoms with Gasteiger partial charge in [-0.05, 0) is 19.1 Å². The van der Waals surface area contributed by atoms with Crippen molar-refractivity contribution in [1.29, 1.82) is 0 Å². The minimum atomic E-state index is -4.75. The van der Waals surface area contributed by atoms with E-state index in [0.29, 0.717) is 5.56 Å². The summed E-state index contributed by atoms with van der Waals surface area (Å²) in [5.74, 6) is 0. The molecule has 1 aromatic rings. The van der Waals surface area contributed by atoms with Crippen LogP contribution in [0.2, 0.25) is 0 Å². The Bertz CT molecular complexity index is 1210. The second-order valence-electron chi connectivity index (χ2n) is 11.1. The van der Waals surface area contributed by atoms with Crippen LogP contribution in [0, 0.1) is 6.92 Å². The van der Waals surface area contributed by atoms with E-state index in [0.717, 1.165) is 0 Å². The van der Waals surface area contributed by atoms with E-state index < -0.39 is 120 Å². The molecule has 3 fully saturated rings. The van der Waals surface area contributed by atoms with E-state index in [2.05, 4.69) is 0 Å². The Morgan fingerprint density at radius 3 is 1.82 bits per heavy atom. The van der Waals surface area contributed by atoms with Crippen LogP contribution in [0.3, 0.4) is 0 Å². The van der Waals surface area contributed by atoms with Gasteiger partial charge in [0, 0.05) is 0 Å². The lowest BCUT2D eigenvalue weighted by Gasteiger charge is -2.50. The van der Waals surface area contributed by atoms with Crippen molar-refractivity contribution < 1.29 is 73.0 Å². The average Bonchev–Trinajstić information content (AvgIpc) is 3.00. The van der Waals surface area contributed by atoms with Gasteiger partial charge in [-0.1, -0.05) is 17.7 Å². The standard InChI is InChI=1S/C25H41N3O15S/c1-9-2-4-10(5-3-9)44(37,38)25(8-31)21(35)18(34)15(28)24(43-25)42-20-12(7-30)40-23(14(27)17(20)33)41-19-11(6-29)39-22(36)13(26)16(19)32/h2-5,11-24,29-36H,6-8,26-28H2,1H3/t11-,12-,13-,14-,15-,16-,17-,18-,19?,20?,21+,22-,23+,24+,25-/m1/s1. The Labute approximate surface area is 252 Å². The Balaban J connectivity index is 1.58. The minimum Gasteiger partial charge on any atom is -0.394 e. The molecule has 2 unspecified atom stereocenters. The molecule has 0 spiro atoms. The maximum absolute atomic E-state index is 13.7. The van der Waals surface area contributed by atoms with Gasteiger partial charge in [-0.25, -0.2) is 8.42 Å². The highest BCUT2D eigenvalue weighted by molar-refractivity contribution is 7.92. The number of sulfone groups is 1. The highest BCUT2D eigenvalue weighted by atomic mass is 32.2. The summed E-state index contributed by atoms with van der Waals surface area (Å²) >= 11 is 0. The van der Waals surface area contributed by atoms with Gasteiger partial charge in [0.25, 0.3) is 0 Å². The predicted molar refractivity (Wildman–Crippen MR) is 144 cm³/mol. The van der Waals surface area contributed by atoms with Crippen LogP contribution in [0.5, 0.6) is 0 Å². The minimum absolute atomic E-state index is 0.351. The van der Waals surface area contributed by atoms with Gasteiger partial charge in [0.1, 0.15) is 48.8 Å². The first-order valence-corrected chi connectivity index (χ1v) is 15.2. The van der Waals surface area contributed by atoms with Crippen molar-refractivity contribution in [2.24, 2.45) is 17.2 Å². The summed E-state index contributed by atoms with van der Waals surface area (Å²) < 4.78 is 55.2. The van der Waals surface area contributed by atoms with Crippen molar-refractivity contribution in [2.45, 2.75) is 103 Å². The fraction of sp³-hybridized carbons (Fsp3) is 0.760. The lowest BCUT2D eigenvalue weighted by atomic mass is 9.94. The molecular weight excluding hydrogens is 614 g/mol. The van der Waals surface area contributed by atoms with Crippen molar-refractivity contribution in [2.75, 3.05) is 19.8 Å². The van der Waals surface area contributed by atoms with E-state index in [-0.39, 0.29) is 4.90 Å². The molecule has 3 aliphatic heterocycles. The Morgan fingerprint density at radius 2 is 1.27 bits per heavy atom. The SMILES string of the molecule is Cc1ccc(S(=O)(=O)[C@@]2(CO)O[C@H](OC3[C@@H](CO)O[C@@H](OC4[C@@H](CO)O[C@@H](O)[C@H](N)[C@H]4O)[C@H](N)[C@H]3O)[C@H](N)[C@@H](O)[C@@H]2O)cc1. The molecule has 252 valence electrons. The summed E-state index contributed by atoms with van der Waals surface area (Å²) in [6.07, 6.45) is -18.5. The number of rotatable bonds is 9. The first-order valence-electron chi connectivity index (χ1n) is 13.8. The zero-order valence-corrected chi connectivity index (χ0v) is 24.4. The lowest BCUT2D eigenvalue weighted by molar-refractivity contribution is -0.351. The Kier molecular flexibility index (Phi) is 11.0. The third-order valence-electron chi connectivity index (χ3n) is 8.21. The van der Waals surface area contributed by atoms with Crippen molar-refractivity contribution in [1.82, 2.24) is 0 Å². The third-order valence-corrected chi connectivity index (χ3v) is 10.5. The van der Waals surface area contributed by atoms with E-state index in [1.165, 1.54) is 24.3 Å². The monoisotopic (exact) mass is 655 g/mol. The smallest absolute Gasteiger partial charge is 0.227 e. The molecule has 0 saturated carbocycles. The average molecular weight is 656 g/mol. The fourth-order valence-corrected chi connectivity index (χ4v) is 7.15. The molecule has 0 amide bonds. The highest BCUT2D eigenvalue weighted by Gasteiger charge is 2.62. The number of aliphatic hydroxyl groups is 8. The number of aryl methyl sites for hydroxylation is 1. The van der Waals surface area contributed by atoms with E-state index in [1.54, 1.807) is 6.92 Å². The molecule has 0 aliphatic carbocycles. The summed E-state index contributed by atoms with van der Waals surface area (Å²) in [5.41, 5.74) is 18.6. The highest BCUT2D eigenvalue weighted by Crippen LogP contribution is 2.39. The molecule has 14 N–H and O–H groups in total. The third kappa shape index (κ3) is 6.14. The van der Waals surface area contributed by atoms with Crippen molar-refractivity contribution >= 4 is 9.84 Å². The van der Waals surface area contributed by atoms with Crippen LogP contribution in [0.4, 0.5) is 0 Å². The Hall–Kier alpha value is -1.47. The molecule has 0 aromatic heterocycles. The maximum atomic E-state index is 13.7. The van der Waals surface area contributed by atoms with Crippen LogP contribution < -0.4 is 17.2 Å². The van der Waals surface area contributed by atoms with E-state index in [9.17, 15) is 49.3 Å². The molecule has 4 rings (SSSR count). The number of hydrogen-bond donors (Lipinski definition) is 11. The van der Waals surface area contributed by atoms with Gasteiger partial charge >= 0.3 is 0 Å². The molecule has 18 nitrogen and oxygen atoms in total. The normalized spacial score (nSPS) is 45.3. The van der Waals surface area contributed by atoms with Gasteiger partial charge < -0.3 is 81.7 Å². The Morgan fingerprint density at radius 1 is 0.773 bits per heavy atom. The summed E-state index contributed by atoms with van der Waals surface area (Å²) in [6, 6.07) is 0.917. The number of benzene rings is 1. The van der Waals surface area contributed by atoms with E-state index >= 15 is 0 Å². The van der Waals surface area contributed by atoms with Gasteiger partial charge in [0.15, 0.2) is 18.9 Å². The molecule has 1 aromatic carbocycles. The molecule has 44 heavy (non-hydrogen) atoms. The summed E-state index contributed by atoms with van der Waals surface area (Å²) in [6.45, 7) is -1.19. The van der Waals surface area contributed by atoms with Gasteiger partial charge in [-0.15, -0.1) is 0 Å². The van der Waals surface area contributed by atoms with Gasteiger partial charge in [0.2, 0.25) is 14.8 Å². The first kappa shape index (κ1) is 35.4. The molecular formula is C25H41N3O15S. The lowest BCUT2D eigenvalue weighted by Crippen LogP contribution is -2.73. The zero-order chi connectivity index (χ0) is 32.7. The van der Waals surface area contributed by atoms with Gasteiger partial charge in [-0.3, -0.25) is 0 Å². The summed E-state index contributed by atoms with van der Waals surface area (Å²) in [4.78, 5) is -3.22. The van der Waals surface area contributed by atoms with E-state index in [4.69, 9.17) is 40.9 Å². The van der Waals surface area contributed by atoms with Crippen molar-refractivity contribution in [3.8, 4) is 0 Å². The van der Waals surface area contributed by atoms with Crippen LogP contribution in [-0.2, 0) is 33.5 Å². The number of aliphatic hydroxyl groups excluding tert-OH is 8. The fourth-order valence-electron chi connectivity index (χ4n) is 5.41. The molecule has 3 saturated heterocycles. The quantitative estimate of drug-likeness (QED) is 0.118. The van der Waals surface area contributed by atoms with Crippen LogP contribution in [0.25, 0.3) is 0 Å². The molecule has 3 aliphatic rings. The molecule has 19 heteroatoms. The first-order chi connectivity index (χ1) is 20.6. The molecule has 15 atom stereocenters. The predicted octanol–water partition coefficient (Wildman–Crippen LogP) is -6.56. The topological polar surface area (TPSA) is 320 Å². The summed E-state index contributed by atoms with van der Waals surface area (Å²) in [5, 5.41) is 83.1. The van der Waals surface area contributed by atoms with Crippen molar-refractivity contribution in [3.63, 3.8) is 0 Å².